The summed E-state index contributed by atoms with van der Waals surface area (Å²) in [5, 5.41) is 14.3. The van der Waals surface area contributed by atoms with E-state index in [1.807, 2.05) is 36.4 Å². The molecule has 0 saturated carbocycles. The highest BCUT2D eigenvalue weighted by atomic mass is 35.5. The molecule has 0 radical (unpaired) electrons. The fourth-order valence-corrected chi connectivity index (χ4v) is 5.17. The number of hydrogen-bond donors (Lipinski definition) is 3. The average Bonchev–Trinajstić information content (AvgIpc) is 3.31. The van der Waals surface area contributed by atoms with Crippen LogP contribution in [0.15, 0.2) is 60.7 Å². The van der Waals surface area contributed by atoms with Crippen LogP contribution in [-0.4, -0.2) is 61.0 Å². The first-order valence-corrected chi connectivity index (χ1v) is 13.4. The minimum absolute atomic E-state index is 0.0678. The molecule has 1 atom stereocenters. The fourth-order valence-electron chi connectivity index (χ4n) is 4.88. The second kappa shape index (κ2) is 12.2. The third-order valence-corrected chi connectivity index (χ3v) is 7.16. The van der Waals surface area contributed by atoms with Crippen LogP contribution in [-0.2, 0) is 6.42 Å². The number of ether oxygens (including phenoxy) is 3. The number of aliphatic hydroxyl groups is 1. The van der Waals surface area contributed by atoms with Crippen molar-refractivity contribution in [3.05, 3.63) is 87.5 Å². The molecule has 0 saturated heterocycles. The first-order valence-electron chi connectivity index (χ1n) is 12.6. The summed E-state index contributed by atoms with van der Waals surface area (Å²) < 4.78 is 17.3. The molecule has 0 aliphatic carbocycles. The second-order valence-corrected chi connectivity index (χ2v) is 9.98. The van der Waals surface area contributed by atoms with Crippen LogP contribution in [0.4, 0.5) is 4.79 Å². The standard InChI is InChI=1S/C29H29Cl2N3O5/c1-37-26-16-18(2-9-25(26)38-15-12-32-11-14-35)28-27-22(23-17-20(31)5-8-24(23)33-27)10-13-34(28)29(36)39-21-6-3-19(30)4-7-21/h2-9,16-17,28,32-33,35H,10-15H2,1H3. The lowest BCUT2D eigenvalue weighted by atomic mass is 9.92. The maximum atomic E-state index is 13.5. The van der Waals surface area contributed by atoms with Crippen molar-refractivity contribution >= 4 is 40.2 Å². The van der Waals surface area contributed by atoms with Gasteiger partial charge in [-0.1, -0.05) is 29.3 Å². The van der Waals surface area contributed by atoms with Crippen LogP contribution in [0.25, 0.3) is 10.9 Å². The van der Waals surface area contributed by atoms with E-state index in [-0.39, 0.29) is 6.61 Å². The number of aromatic nitrogens is 1. The van der Waals surface area contributed by atoms with Crippen molar-refractivity contribution in [2.75, 3.05) is 40.0 Å². The Morgan fingerprint density at radius 3 is 2.62 bits per heavy atom. The van der Waals surface area contributed by atoms with Gasteiger partial charge in [0.1, 0.15) is 18.4 Å². The van der Waals surface area contributed by atoms with Crippen LogP contribution in [0, 0.1) is 0 Å². The summed E-state index contributed by atoms with van der Waals surface area (Å²) >= 11 is 12.3. The number of methoxy groups -OCH3 is 1. The van der Waals surface area contributed by atoms with E-state index in [2.05, 4.69) is 10.3 Å². The van der Waals surface area contributed by atoms with Crippen molar-refractivity contribution < 1.29 is 24.1 Å². The number of halogens is 2. The number of H-pyrrole nitrogens is 1. The second-order valence-electron chi connectivity index (χ2n) is 9.11. The van der Waals surface area contributed by atoms with Crippen molar-refractivity contribution in [2.24, 2.45) is 0 Å². The number of amides is 1. The molecule has 3 N–H and O–H groups in total. The molecule has 39 heavy (non-hydrogen) atoms. The fraction of sp³-hybridized carbons (Fsp3) is 0.276. The minimum Gasteiger partial charge on any atom is -0.493 e. The molecule has 5 rings (SSSR count). The molecule has 3 aromatic carbocycles. The van der Waals surface area contributed by atoms with Gasteiger partial charge in [-0.15, -0.1) is 0 Å². The highest BCUT2D eigenvalue weighted by Crippen LogP contribution is 2.41. The molecule has 204 valence electrons. The summed E-state index contributed by atoms with van der Waals surface area (Å²) in [6, 6.07) is 17.6. The normalized spacial score (nSPS) is 14.8. The van der Waals surface area contributed by atoms with Crippen molar-refractivity contribution in [1.29, 1.82) is 0 Å². The lowest BCUT2D eigenvalue weighted by Gasteiger charge is -2.35. The maximum Gasteiger partial charge on any atom is 0.416 e. The number of aliphatic hydroxyl groups excluding tert-OH is 1. The van der Waals surface area contributed by atoms with Crippen LogP contribution in [0.1, 0.15) is 22.9 Å². The Labute approximate surface area is 236 Å². The van der Waals surface area contributed by atoms with E-state index in [1.165, 1.54) is 0 Å². The van der Waals surface area contributed by atoms with Gasteiger partial charge in [0.15, 0.2) is 11.5 Å². The zero-order valence-corrected chi connectivity index (χ0v) is 22.9. The van der Waals surface area contributed by atoms with E-state index in [4.69, 9.17) is 42.5 Å². The molecule has 8 nitrogen and oxygen atoms in total. The zero-order valence-electron chi connectivity index (χ0n) is 21.4. The number of aromatic amines is 1. The first kappa shape index (κ1) is 27.1. The van der Waals surface area contributed by atoms with E-state index in [1.54, 1.807) is 36.3 Å². The molecule has 1 amide bonds. The SMILES string of the molecule is COc1cc(C2c3[nH]c4ccc(Cl)cc4c3CCN2C(=O)Oc2ccc(Cl)cc2)ccc1OCCNCCO. The van der Waals surface area contributed by atoms with Crippen molar-refractivity contribution in [3.8, 4) is 17.2 Å². The Morgan fingerprint density at radius 2 is 1.85 bits per heavy atom. The maximum absolute atomic E-state index is 13.5. The van der Waals surface area contributed by atoms with Crippen LogP contribution >= 0.6 is 23.2 Å². The molecule has 0 fully saturated rings. The van der Waals surface area contributed by atoms with Crippen molar-refractivity contribution in [1.82, 2.24) is 15.2 Å². The number of carbonyl (C=O) groups excluding carboxylic acids is 1. The minimum atomic E-state index is -0.473. The first-order chi connectivity index (χ1) is 19.0. The molecule has 1 unspecified atom stereocenters. The Kier molecular flexibility index (Phi) is 8.47. The number of hydrogen-bond acceptors (Lipinski definition) is 6. The Bertz CT molecular complexity index is 1460. The van der Waals surface area contributed by atoms with Gasteiger partial charge >= 0.3 is 6.09 Å². The van der Waals surface area contributed by atoms with Gasteiger partial charge in [-0.25, -0.2) is 4.79 Å². The van der Waals surface area contributed by atoms with Gasteiger partial charge in [0, 0.05) is 46.3 Å². The van der Waals surface area contributed by atoms with Crippen LogP contribution < -0.4 is 19.5 Å². The van der Waals surface area contributed by atoms with Gasteiger partial charge < -0.3 is 29.6 Å². The third-order valence-electron chi connectivity index (χ3n) is 6.67. The predicted molar refractivity (Wildman–Crippen MR) is 151 cm³/mol. The molecule has 1 aromatic heterocycles. The van der Waals surface area contributed by atoms with E-state index in [9.17, 15) is 4.79 Å². The third kappa shape index (κ3) is 5.94. The lowest BCUT2D eigenvalue weighted by molar-refractivity contribution is 0.135. The van der Waals surface area contributed by atoms with Gasteiger partial charge in [-0.3, -0.25) is 4.90 Å². The van der Waals surface area contributed by atoms with Gasteiger partial charge in [0.25, 0.3) is 0 Å². The molecule has 0 bridgehead atoms. The van der Waals surface area contributed by atoms with Gasteiger partial charge in [0.05, 0.1) is 13.7 Å². The predicted octanol–water partition coefficient (Wildman–Crippen LogP) is 5.59. The topological polar surface area (TPSA) is 96.1 Å². The van der Waals surface area contributed by atoms with Crippen molar-refractivity contribution in [3.63, 3.8) is 0 Å². The highest BCUT2D eigenvalue weighted by molar-refractivity contribution is 6.31. The van der Waals surface area contributed by atoms with Crippen molar-refractivity contribution in [2.45, 2.75) is 12.5 Å². The molecule has 0 spiro atoms. The monoisotopic (exact) mass is 569 g/mol. The summed E-state index contributed by atoms with van der Waals surface area (Å²) in [6.45, 7) is 2.01. The number of fused-ring (bicyclic) bond motifs is 3. The Hall–Kier alpha value is -3.43. The number of nitrogens with zero attached hydrogens (tertiary/aromatic N) is 1. The molecule has 10 heteroatoms. The Balaban J connectivity index is 1.50. The Morgan fingerprint density at radius 1 is 1.05 bits per heavy atom. The van der Waals surface area contributed by atoms with E-state index in [0.717, 1.165) is 27.7 Å². The number of rotatable bonds is 9. The zero-order chi connectivity index (χ0) is 27.4. The van der Waals surface area contributed by atoms with E-state index < -0.39 is 12.1 Å². The largest absolute Gasteiger partial charge is 0.493 e. The quantitative estimate of drug-likeness (QED) is 0.227. The van der Waals surface area contributed by atoms with E-state index >= 15 is 0 Å². The summed E-state index contributed by atoms with van der Waals surface area (Å²) in [7, 11) is 1.58. The number of benzene rings is 3. The molecule has 2 heterocycles. The number of nitrogens with one attached hydrogen (secondary N) is 2. The summed E-state index contributed by atoms with van der Waals surface area (Å²) in [5.74, 6) is 1.54. The van der Waals surface area contributed by atoms with Crippen LogP contribution in [0.3, 0.4) is 0 Å². The molecule has 4 aromatic rings. The molecule has 1 aliphatic rings. The highest BCUT2D eigenvalue weighted by Gasteiger charge is 2.36. The van der Waals surface area contributed by atoms with Crippen LogP contribution in [0.2, 0.25) is 10.0 Å². The molecular formula is C29H29Cl2N3O5. The average molecular weight is 570 g/mol. The van der Waals surface area contributed by atoms with E-state index in [0.29, 0.717) is 60.0 Å². The molecule has 1 aliphatic heterocycles. The van der Waals surface area contributed by atoms with Gasteiger partial charge in [0.2, 0.25) is 0 Å². The smallest absolute Gasteiger partial charge is 0.416 e. The van der Waals surface area contributed by atoms with Gasteiger partial charge in [-0.05, 0) is 72.1 Å². The summed E-state index contributed by atoms with van der Waals surface area (Å²) in [4.78, 5) is 18.8. The number of carbonyl (C=O) groups is 1. The van der Waals surface area contributed by atoms with Gasteiger partial charge in [-0.2, -0.15) is 0 Å². The molecular weight excluding hydrogens is 541 g/mol. The lowest BCUT2D eigenvalue weighted by Crippen LogP contribution is -2.42. The summed E-state index contributed by atoms with van der Waals surface area (Å²) in [5.41, 5.74) is 3.80. The summed E-state index contributed by atoms with van der Waals surface area (Å²) in [6.07, 6.45) is 0.167. The van der Waals surface area contributed by atoms with Crippen LogP contribution in [0.5, 0.6) is 17.2 Å².